The molecule has 6 heteroatoms. The normalized spacial score (nSPS) is 9.94. The van der Waals surface area contributed by atoms with Crippen LogP contribution in [-0.4, -0.2) is 23.2 Å². The minimum absolute atomic E-state index is 0.255. The number of hydrogen-bond donors (Lipinski definition) is 2. The van der Waals surface area contributed by atoms with E-state index in [2.05, 4.69) is 20.8 Å². The molecule has 0 saturated heterocycles. The molecular formula is C11H12N4O2. The fourth-order valence-electron chi connectivity index (χ4n) is 1.27. The van der Waals surface area contributed by atoms with E-state index in [1.165, 1.54) is 0 Å². The summed E-state index contributed by atoms with van der Waals surface area (Å²) in [5, 5.41) is 13.2. The van der Waals surface area contributed by atoms with E-state index in [9.17, 15) is 4.79 Å². The van der Waals surface area contributed by atoms with E-state index in [1.807, 2.05) is 12.1 Å². The van der Waals surface area contributed by atoms with Crippen LogP contribution in [0.1, 0.15) is 16.2 Å². The highest BCUT2D eigenvalue weighted by molar-refractivity contribution is 5.91. The summed E-state index contributed by atoms with van der Waals surface area (Å²) in [5.41, 5.74) is 0.288. The number of carbonyl (C=O) groups is 1. The van der Waals surface area contributed by atoms with Crippen molar-refractivity contribution in [1.29, 1.82) is 0 Å². The van der Waals surface area contributed by atoms with Crippen LogP contribution in [0, 0.1) is 0 Å². The SMILES string of the molecule is CNC(=O)c1ccc(NCc2ccco2)nn1. The van der Waals surface area contributed by atoms with Gasteiger partial charge in [0.05, 0.1) is 12.8 Å². The Morgan fingerprint density at radius 2 is 2.24 bits per heavy atom. The monoisotopic (exact) mass is 232 g/mol. The van der Waals surface area contributed by atoms with E-state index in [0.717, 1.165) is 5.76 Å². The molecule has 0 atom stereocenters. The second-order valence-corrected chi connectivity index (χ2v) is 3.32. The van der Waals surface area contributed by atoms with Gasteiger partial charge in [0.2, 0.25) is 0 Å². The van der Waals surface area contributed by atoms with Crippen molar-refractivity contribution < 1.29 is 9.21 Å². The molecule has 1 amide bonds. The molecule has 2 rings (SSSR count). The first-order valence-electron chi connectivity index (χ1n) is 5.11. The van der Waals surface area contributed by atoms with Gasteiger partial charge in [0.25, 0.3) is 5.91 Å². The fourth-order valence-corrected chi connectivity index (χ4v) is 1.27. The Morgan fingerprint density at radius 1 is 1.35 bits per heavy atom. The van der Waals surface area contributed by atoms with Crippen molar-refractivity contribution in [3.63, 3.8) is 0 Å². The highest BCUT2D eigenvalue weighted by Gasteiger charge is 2.05. The maximum atomic E-state index is 11.2. The Kier molecular flexibility index (Phi) is 3.34. The van der Waals surface area contributed by atoms with Gasteiger partial charge in [-0.15, -0.1) is 10.2 Å². The largest absolute Gasteiger partial charge is 0.467 e. The van der Waals surface area contributed by atoms with Crippen molar-refractivity contribution in [1.82, 2.24) is 15.5 Å². The van der Waals surface area contributed by atoms with Crippen molar-refractivity contribution >= 4 is 11.7 Å². The molecule has 0 bridgehead atoms. The summed E-state index contributed by atoms with van der Waals surface area (Å²) >= 11 is 0. The van der Waals surface area contributed by atoms with Gasteiger partial charge in [-0.25, -0.2) is 0 Å². The maximum Gasteiger partial charge on any atom is 0.271 e. The predicted molar refractivity (Wildman–Crippen MR) is 61.5 cm³/mol. The number of amides is 1. The summed E-state index contributed by atoms with van der Waals surface area (Å²) in [4.78, 5) is 11.2. The minimum Gasteiger partial charge on any atom is -0.467 e. The third-order valence-corrected chi connectivity index (χ3v) is 2.15. The Morgan fingerprint density at radius 3 is 2.82 bits per heavy atom. The summed E-state index contributed by atoms with van der Waals surface area (Å²) in [7, 11) is 1.55. The third kappa shape index (κ3) is 2.81. The number of nitrogens with zero attached hydrogens (tertiary/aromatic N) is 2. The van der Waals surface area contributed by atoms with Gasteiger partial charge in [0.15, 0.2) is 5.69 Å². The lowest BCUT2D eigenvalue weighted by Crippen LogP contribution is -2.19. The summed E-state index contributed by atoms with van der Waals surface area (Å²) in [6.45, 7) is 0.529. The van der Waals surface area contributed by atoms with E-state index >= 15 is 0 Å². The zero-order valence-electron chi connectivity index (χ0n) is 9.30. The Balaban J connectivity index is 1.96. The van der Waals surface area contributed by atoms with Gasteiger partial charge < -0.3 is 15.1 Å². The van der Waals surface area contributed by atoms with Crippen LogP contribution in [0.4, 0.5) is 5.82 Å². The minimum atomic E-state index is -0.255. The molecule has 17 heavy (non-hydrogen) atoms. The van der Waals surface area contributed by atoms with Crippen LogP contribution in [-0.2, 0) is 6.54 Å². The first-order valence-corrected chi connectivity index (χ1v) is 5.11. The highest BCUT2D eigenvalue weighted by atomic mass is 16.3. The van der Waals surface area contributed by atoms with E-state index in [-0.39, 0.29) is 11.6 Å². The average Bonchev–Trinajstić information content (AvgIpc) is 2.89. The maximum absolute atomic E-state index is 11.2. The predicted octanol–water partition coefficient (Wildman–Crippen LogP) is 1.04. The molecule has 0 saturated carbocycles. The van der Waals surface area contributed by atoms with E-state index < -0.39 is 0 Å². The van der Waals surface area contributed by atoms with Gasteiger partial charge in [0.1, 0.15) is 11.6 Å². The fraction of sp³-hybridized carbons (Fsp3) is 0.182. The highest BCUT2D eigenvalue weighted by Crippen LogP contribution is 2.06. The zero-order valence-corrected chi connectivity index (χ0v) is 9.30. The molecule has 0 unspecified atom stereocenters. The Labute approximate surface area is 98.0 Å². The molecule has 0 aromatic carbocycles. The van der Waals surface area contributed by atoms with Crippen LogP contribution in [0.5, 0.6) is 0 Å². The summed E-state index contributed by atoms with van der Waals surface area (Å²) in [6, 6.07) is 6.98. The molecule has 0 radical (unpaired) electrons. The molecule has 2 aromatic heterocycles. The van der Waals surface area contributed by atoms with Crippen molar-refractivity contribution in [3.05, 3.63) is 42.0 Å². The van der Waals surface area contributed by atoms with Crippen LogP contribution < -0.4 is 10.6 Å². The van der Waals surface area contributed by atoms with E-state index in [4.69, 9.17) is 4.42 Å². The van der Waals surface area contributed by atoms with Gasteiger partial charge in [-0.05, 0) is 24.3 Å². The molecule has 0 aliphatic heterocycles. The van der Waals surface area contributed by atoms with Crippen molar-refractivity contribution in [3.8, 4) is 0 Å². The molecule has 0 fully saturated rings. The topological polar surface area (TPSA) is 80.0 Å². The number of aromatic nitrogens is 2. The summed E-state index contributed by atoms with van der Waals surface area (Å²) in [6.07, 6.45) is 1.61. The number of hydrogen-bond acceptors (Lipinski definition) is 5. The molecule has 0 aliphatic carbocycles. The average molecular weight is 232 g/mol. The molecular weight excluding hydrogens is 220 g/mol. The second-order valence-electron chi connectivity index (χ2n) is 3.32. The standard InChI is InChI=1S/C11H12N4O2/c1-12-11(16)9-4-5-10(15-14-9)13-7-8-3-2-6-17-8/h2-6H,7H2,1H3,(H,12,16)(H,13,15). The molecule has 6 nitrogen and oxygen atoms in total. The molecule has 2 aromatic rings. The van der Waals surface area contributed by atoms with Crippen LogP contribution in [0.2, 0.25) is 0 Å². The summed E-state index contributed by atoms with van der Waals surface area (Å²) < 4.78 is 5.16. The molecule has 0 spiro atoms. The first-order chi connectivity index (χ1) is 8.29. The van der Waals surface area contributed by atoms with Crippen molar-refractivity contribution in [2.75, 3.05) is 12.4 Å². The summed E-state index contributed by atoms with van der Waals surface area (Å²) in [5.74, 6) is 1.14. The Bertz CT molecular complexity index is 479. The van der Waals surface area contributed by atoms with Crippen LogP contribution in [0.25, 0.3) is 0 Å². The van der Waals surface area contributed by atoms with Crippen molar-refractivity contribution in [2.45, 2.75) is 6.54 Å². The van der Waals surface area contributed by atoms with Crippen LogP contribution in [0.15, 0.2) is 34.9 Å². The van der Waals surface area contributed by atoms with Crippen LogP contribution >= 0.6 is 0 Å². The third-order valence-electron chi connectivity index (χ3n) is 2.15. The van der Waals surface area contributed by atoms with E-state index in [0.29, 0.717) is 12.4 Å². The molecule has 0 aliphatic rings. The number of rotatable bonds is 4. The molecule has 88 valence electrons. The van der Waals surface area contributed by atoms with Gasteiger partial charge in [-0.3, -0.25) is 4.79 Å². The van der Waals surface area contributed by atoms with Crippen LogP contribution in [0.3, 0.4) is 0 Å². The smallest absolute Gasteiger partial charge is 0.271 e. The van der Waals surface area contributed by atoms with Gasteiger partial charge in [-0.2, -0.15) is 0 Å². The lowest BCUT2D eigenvalue weighted by molar-refractivity contribution is 0.0957. The number of carbonyl (C=O) groups excluding carboxylic acids is 1. The van der Waals surface area contributed by atoms with Gasteiger partial charge in [-0.1, -0.05) is 0 Å². The second kappa shape index (κ2) is 5.11. The zero-order chi connectivity index (χ0) is 12.1. The molecule has 2 N–H and O–H groups in total. The quantitative estimate of drug-likeness (QED) is 0.823. The van der Waals surface area contributed by atoms with E-state index in [1.54, 1.807) is 25.4 Å². The van der Waals surface area contributed by atoms with Gasteiger partial charge >= 0.3 is 0 Å². The number of nitrogens with one attached hydrogen (secondary N) is 2. The first kappa shape index (κ1) is 11.1. The lowest BCUT2D eigenvalue weighted by Gasteiger charge is -2.03. The number of furan rings is 1. The van der Waals surface area contributed by atoms with Gasteiger partial charge in [0, 0.05) is 7.05 Å². The number of anilines is 1. The Hall–Kier alpha value is -2.37. The molecule has 2 heterocycles. The van der Waals surface area contributed by atoms with Crippen molar-refractivity contribution in [2.24, 2.45) is 0 Å². The lowest BCUT2D eigenvalue weighted by atomic mass is 10.3.